The first kappa shape index (κ1) is 12.4. The minimum Gasteiger partial charge on any atom is -0.392 e. The molecule has 2 rings (SSSR count). The van der Waals surface area contributed by atoms with Gasteiger partial charge in [0.05, 0.1) is 12.3 Å². The van der Waals surface area contributed by atoms with Crippen molar-refractivity contribution in [1.82, 2.24) is 0 Å². The number of aliphatic hydroxyl groups is 1. The summed E-state index contributed by atoms with van der Waals surface area (Å²) < 4.78 is 14.0. The number of halogens is 1. The van der Waals surface area contributed by atoms with E-state index in [1.165, 1.54) is 6.07 Å². The molecule has 3 heteroatoms. The molecule has 17 heavy (non-hydrogen) atoms. The highest BCUT2D eigenvalue weighted by Gasteiger charge is 2.30. The van der Waals surface area contributed by atoms with Gasteiger partial charge < -0.3 is 10.0 Å². The van der Waals surface area contributed by atoms with Crippen molar-refractivity contribution in [1.29, 1.82) is 0 Å². The van der Waals surface area contributed by atoms with Crippen molar-refractivity contribution in [3.63, 3.8) is 0 Å². The molecule has 0 spiro atoms. The van der Waals surface area contributed by atoms with E-state index in [0.717, 1.165) is 19.4 Å². The maximum absolute atomic E-state index is 14.0. The first-order valence-electron chi connectivity index (χ1n) is 6.27. The molecule has 0 aromatic heterocycles. The van der Waals surface area contributed by atoms with Crippen molar-refractivity contribution >= 4 is 5.69 Å². The lowest BCUT2D eigenvalue weighted by Crippen LogP contribution is -2.30. The molecule has 0 bridgehead atoms. The van der Waals surface area contributed by atoms with Gasteiger partial charge in [0.1, 0.15) is 5.82 Å². The number of aliphatic hydroxyl groups excluding tert-OH is 1. The lowest BCUT2D eigenvalue weighted by atomic mass is 10.1. The fourth-order valence-electron chi connectivity index (χ4n) is 2.11. The van der Waals surface area contributed by atoms with Crippen LogP contribution in [-0.4, -0.2) is 17.7 Å². The molecule has 2 nitrogen and oxygen atoms in total. The molecule has 0 atom stereocenters. The van der Waals surface area contributed by atoms with Crippen LogP contribution in [-0.2, 0) is 6.61 Å². The molecule has 1 aliphatic rings. The van der Waals surface area contributed by atoms with E-state index < -0.39 is 0 Å². The molecule has 94 valence electrons. The van der Waals surface area contributed by atoms with E-state index in [1.807, 2.05) is 0 Å². The third-order valence-corrected chi connectivity index (χ3v) is 3.05. The van der Waals surface area contributed by atoms with E-state index >= 15 is 0 Å². The number of rotatable bonds is 5. The van der Waals surface area contributed by atoms with Crippen LogP contribution >= 0.6 is 0 Å². The van der Waals surface area contributed by atoms with Gasteiger partial charge in [0.15, 0.2) is 0 Å². The van der Waals surface area contributed by atoms with Crippen LogP contribution < -0.4 is 4.90 Å². The molecule has 0 unspecified atom stereocenters. The summed E-state index contributed by atoms with van der Waals surface area (Å²) in [6, 6.07) is 5.53. The topological polar surface area (TPSA) is 23.5 Å². The third-order valence-electron chi connectivity index (χ3n) is 3.05. The Labute approximate surface area is 102 Å². The number of anilines is 1. The van der Waals surface area contributed by atoms with Gasteiger partial charge in [-0.2, -0.15) is 0 Å². The molecule has 1 aliphatic carbocycles. The Morgan fingerprint density at radius 1 is 1.41 bits per heavy atom. The monoisotopic (exact) mass is 237 g/mol. The lowest BCUT2D eigenvalue weighted by molar-refractivity contribution is 0.281. The predicted molar refractivity (Wildman–Crippen MR) is 67.5 cm³/mol. The number of nitrogens with zero attached hydrogens (tertiary/aromatic N) is 1. The van der Waals surface area contributed by atoms with Crippen LogP contribution in [0, 0.1) is 11.7 Å². The average Bonchev–Trinajstić information content (AvgIpc) is 3.09. The van der Waals surface area contributed by atoms with Crippen molar-refractivity contribution in [2.45, 2.75) is 39.3 Å². The van der Waals surface area contributed by atoms with Gasteiger partial charge in [0, 0.05) is 12.6 Å². The van der Waals surface area contributed by atoms with E-state index in [1.54, 1.807) is 12.1 Å². The zero-order valence-corrected chi connectivity index (χ0v) is 10.5. The minimum atomic E-state index is -0.218. The van der Waals surface area contributed by atoms with Gasteiger partial charge in [-0.3, -0.25) is 0 Å². The first-order chi connectivity index (χ1) is 8.11. The highest BCUT2D eigenvalue weighted by atomic mass is 19.1. The molecule has 1 fully saturated rings. The summed E-state index contributed by atoms with van der Waals surface area (Å²) in [5.74, 6) is 0.302. The smallest absolute Gasteiger partial charge is 0.146 e. The van der Waals surface area contributed by atoms with Crippen LogP contribution in [0.2, 0.25) is 0 Å². The van der Waals surface area contributed by atoms with Crippen LogP contribution in [0.15, 0.2) is 18.2 Å². The molecular formula is C14H20FNO. The van der Waals surface area contributed by atoms with Gasteiger partial charge in [-0.15, -0.1) is 0 Å². The Bertz CT molecular complexity index is 388. The maximum atomic E-state index is 14.0. The molecule has 0 heterocycles. The van der Waals surface area contributed by atoms with Crippen LogP contribution in [0.25, 0.3) is 0 Å². The first-order valence-corrected chi connectivity index (χ1v) is 6.27. The van der Waals surface area contributed by atoms with Gasteiger partial charge in [0.2, 0.25) is 0 Å². The van der Waals surface area contributed by atoms with Crippen LogP contribution in [0.5, 0.6) is 0 Å². The zero-order valence-electron chi connectivity index (χ0n) is 10.5. The summed E-state index contributed by atoms with van der Waals surface area (Å²) in [4.78, 5) is 2.17. The number of hydrogen-bond acceptors (Lipinski definition) is 2. The molecule has 1 aromatic rings. The highest BCUT2D eigenvalue weighted by Crippen LogP contribution is 2.34. The second-order valence-electron chi connectivity index (χ2n) is 5.22. The summed E-state index contributed by atoms with van der Waals surface area (Å²) >= 11 is 0. The second kappa shape index (κ2) is 5.05. The van der Waals surface area contributed by atoms with Gasteiger partial charge in [-0.05, 0) is 36.5 Å². The van der Waals surface area contributed by atoms with E-state index in [9.17, 15) is 4.39 Å². The molecule has 1 N–H and O–H groups in total. The van der Waals surface area contributed by atoms with E-state index in [-0.39, 0.29) is 12.4 Å². The van der Waals surface area contributed by atoms with Crippen LogP contribution in [0.4, 0.5) is 10.1 Å². The summed E-state index contributed by atoms with van der Waals surface area (Å²) in [6.07, 6.45) is 2.32. The summed E-state index contributed by atoms with van der Waals surface area (Å²) in [5.41, 5.74) is 1.31. The molecule has 1 aromatic carbocycles. The average molecular weight is 237 g/mol. The summed E-state index contributed by atoms with van der Waals surface area (Å²) in [6.45, 7) is 5.08. The van der Waals surface area contributed by atoms with Gasteiger partial charge in [-0.25, -0.2) is 4.39 Å². The maximum Gasteiger partial charge on any atom is 0.146 e. The van der Waals surface area contributed by atoms with Crippen molar-refractivity contribution in [2.24, 2.45) is 5.92 Å². The summed E-state index contributed by atoms with van der Waals surface area (Å²) in [7, 11) is 0. The minimum absolute atomic E-state index is 0.106. The Morgan fingerprint density at radius 2 is 2.12 bits per heavy atom. The van der Waals surface area contributed by atoms with Crippen molar-refractivity contribution in [3.8, 4) is 0 Å². The number of hydrogen-bond donors (Lipinski definition) is 1. The molecular weight excluding hydrogens is 217 g/mol. The van der Waals surface area contributed by atoms with Crippen molar-refractivity contribution < 1.29 is 9.50 Å². The van der Waals surface area contributed by atoms with E-state index in [0.29, 0.717) is 23.2 Å². The van der Waals surface area contributed by atoms with Gasteiger partial charge in [0.25, 0.3) is 0 Å². The Morgan fingerprint density at radius 3 is 2.59 bits per heavy atom. The third kappa shape index (κ3) is 2.97. The normalized spacial score (nSPS) is 15.4. The van der Waals surface area contributed by atoms with Crippen molar-refractivity contribution in [3.05, 3.63) is 29.6 Å². The Balaban J connectivity index is 2.23. The quantitative estimate of drug-likeness (QED) is 0.851. The van der Waals surface area contributed by atoms with Gasteiger partial charge in [-0.1, -0.05) is 19.9 Å². The fraction of sp³-hybridized carbons (Fsp3) is 0.571. The van der Waals surface area contributed by atoms with E-state index in [4.69, 9.17) is 5.11 Å². The van der Waals surface area contributed by atoms with Gasteiger partial charge >= 0.3 is 0 Å². The van der Waals surface area contributed by atoms with Crippen LogP contribution in [0.3, 0.4) is 0 Å². The van der Waals surface area contributed by atoms with E-state index in [2.05, 4.69) is 18.7 Å². The highest BCUT2D eigenvalue weighted by molar-refractivity contribution is 5.51. The molecule has 0 radical (unpaired) electrons. The summed E-state index contributed by atoms with van der Waals surface area (Å²) in [5, 5.41) is 8.98. The Kier molecular flexibility index (Phi) is 3.67. The molecule has 0 saturated heterocycles. The molecule has 0 amide bonds. The standard InChI is InChI=1S/C14H20FNO/c1-10(2)8-16(12-4-5-12)14-6-3-11(9-17)7-13(14)15/h3,6-7,10,12,17H,4-5,8-9H2,1-2H3. The Hall–Kier alpha value is -1.09. The molecule has 0 aliphatic heterocycles. The SMILES string of the molecule is CC(C)CN(c1ccc(CO)cc1F)C1CC1. The lowest BCUT2D eigenvalue weighted by Gasteiger charge is -2.27. The number of benzene rings is 1. The zero-order chi connectivity index (χ0) is 12.4. The largest absolute Gasteiger partial charge is 0.392 e. The van der Waals surface area contributed by atoms with Crippen LogP contribution in [0.1, 0.15) is 32.3 Å². The van der Waals surface area contributed by atoms with Crippen molar-refractivity contribution in [2.75, 3.05) is 11.4 Å². The molecule has 1 saturated carbocycles. The predicted octanol–water partition coefficient (Wildman–Crippen LogP) is 2.94. The fourth-order valence-corrected chi connectivity index (χ4v) is 2.11. The second-order valence-corrected chi connectivity index (χ2v) is 5.22.